The fourth-order valence-corrected chi connectivity index (χ4v) is 3.10. The Morgan fingerprint density at radius 3 is 2.75 bits per heavy atom. The monoisotopic (exact) mass is 285 g/mol. The van der Waals surface area contributed by atoms with Crippen molar-refractivity contribution in [2.24, 2.45) is 5.73 Å². The number of nitrogens with two attached hydrogens (primary N) is 1. The molecule has 0 aliphatic heterocycles. The molecule has 0 aliphatic rings. The number of fused-ring (bicyclic) bond motifs is 1. The molecule has 2 N–H and O–H groups in total. The zero-order valence-electron chi connectivity index (χ0n) is 11.8. The van der Waals surface area contributed by atoms with Crippen molar-refractivity contribution in [1.29, 1.82) is 0 Å². The molecule has 0 saturated carbocycles. The smallest absolute Gasteiger partial charge is 0.194 e. The number of benzene rings is 1. The van der Waals surface area contributed by atoms with Crippen LogP contribution in [-0.4, -0.2) is 15.4 Å². The topological polar surface area (TPSA) is 43.3 Å². The summed E-state index contributed by atoms with van der Waals surface area (Å²) in [6.45, 7) is 4.23. The van der Waals surface area contributed by atoms with Gasteiger partial charge in [-0.1, -0.05) is 36.8 Å². The van der Waals surface area contributed by atoms with Crippen molar-refractivity contribution in [1.82, 2.24) is 9.38 Å². The van der Waals surface area contributed by atoms with Gasteiger partial charge in [-0.2, -0.15) is 0 Å². The average Bonchev–Trinajstić information content (AvgIpc) is 3.02. The number of hydrogen-bond donors (Lipinski definition) is 1. The molecular weight excluding hydrogens is 266 g/mol. The third-order valence-corrected chi connectivity index (χ3v) is 4.42. The van der Waals surface area contributed by atoms with Gasteiger partial charge in [0.2, 0.25) is 0 Å². The van der Waals surface area contributed by atoms with Crippen molar-refractivity contribution in [2.45, 2.75) is 32.7 Å². The number of nitrogens with zero attached hydrogens (tertiary/aromatic N) is 2. The lowest BCUT2D eigenvalue weighted by molar-refractivity contribution is 0.635. The summed E-state index contributed by atoms with van der Waals surface area (Å²) in [5.41, 5.74) is 10.9. The second kappa shape index (κ2) is 5.38. The van der Waals surface area contributed by atoms with Crippen molar-refractivity contribution < 1.29 is 0 Å². The van der Waals surface area contributed by atoms with Crippen LogP contribution >= 0.6 is 11.3 Å². The number of thiazole rings is 1. The van der Waals surface area contributed by atoms with Crippen LogP contribution in [0.1, 0.15) is 24.6 Å². The first-order chi connectivity index (χ1) is 9.69. The first kappa shape index (κ1) is 13.3. The van der Waals surface area contributed by atoms with Crippen molar-refractivity contribution in [3.63, 3.8) is 0 Å². The highest BCUT2D eigenvalue weighted by Crippen LogP contribution is 2.28. The van der Waals surface area contributed by atoms with E-state index < -0.39 is 0 Å². The number of hydrogen-bond acceptors (Lipinski definition) is 3. The van der Waals surface area contributed by atoms with Crippen LogP contribution in [0.15, 0.2) is 35.8 Å². The fraction of sp³-hybridized carbons (Fsp3) is 0.312. The van der Waals surface area contributed by atoms with Gasteiger partial charge in [0.1, 0.15) is 0 Å². The van der Waals surface area contributed by atoms with Gasteiger partial charge < -0.3 is 5.73 Å². The minimum atomic E-state index is 0.180. The van der Waals surface area contributed by atoms with E-state index in [2.05, 4.69) is 54.1 Å². The summed E-state index contributed by atoms with van der Waals surface area (Å²) in [6, 6.07) is 8.73. The van der Waals surface area contributed by atoms with E-state index in [0.717, 1.165) is 23.5 Å². The van der Waals surface area contributed by atoms with Gasteiger partial charge >= 0.3 is 0 Å². The Balaban J connectivity index is 2.11. The van der Waals surface area contributed by atoms with Crippen molar-refractivity contribution in [3.8, 4) is 11.3 Å². The van der Waals surface area contributed by atoms with Crippen molar-refractivity contribution in [2.75, 3.05) is 0 Å². The summed E-state index contributed by atoms with van der Waals surface area (Å²) < 4.78 is 2.18. The van der Waals surface area contributed by atoms with Gasteiger partial charge in [0, 0.05) is 29.6 Å². The molecule has 0 saturated heterocycles. The molecule has 0 radical (unpaired) electrons. The second-order valence-corrected chi connectivity index (χ2v) is 6.07. The average molecular weight is 285 g/mol. The fourth-order valence-electron chi connectivity index (χ4n) is 2.36. The van der Waals surface area contributed by atoms with Crippen LogP contribution in [0.25, 0.3) is 16.2 Å². The van der Waals surface area contributed by atoms with Crippen LogP contribution in [0.3, 0.4) is 0 Å². The predicted molar refractivity (Wildman–Crippen MR) is 85.2 cm³/mol. The predicted octanol–water partition coefficient (Wildman–Crippen LogP) is 3.65. The third-order valence-electron chi connectivity index (χ3n) is 3.67. The van der Waals surface area contributed by atoms with Crippen LogP contribution in [0.4, 0.5) is 0 Å². The van der Waals surface area contributed by atoms with E-state index in [1.165, 1.54) is 16.8 Å². The quantitative estimate of drug-likeness (QED) is 0.795. The van der Waals surface area contributed by atoms with Crippen LogP contribution < -0.4 is 5.73 Å². The first-order valence-electron chi connectivity index (χ1n) is 6.96. The highest BCUT2D eigenvalue weighted by molar-refractivity contribution is 7.15. The van der Waals surface area contributed by atoms with Crippen LogP contribution in [0, 0.1) is 6.92 Å². The second-order valence-electron chi connectivity index (χ2n) is 5.20. The maximum absolute atomic E-state index is 6.16. The first-order valence-corrected chi connectivity index (χ1v) is 7.84. The Kier molecular flexibility index (Phi) is 3.59. The summed E-state index contributed by atoms with van der Waals surface area (Å²) in [6.07, 6.45) is 3.92. The summed E-state index contributed by atoms with van der Waals surface area (Å²) in [7, 11) is 0. The van der Waals surface area contributed by atoms with E-state index >= 15 is 0 Å². The largest absolute Gasteiger partial charge is 0.327 e. The SMILES string of the molecule is CCC(N)Cc1c(-c2ccc(C)cc2)nc2sccn12. The summed E-state index contributed by atoms with van der Waals surface area (Å²) >= 11 is 1.67. The molecule has 2 heterocycles. The minimum Gasteiger partial charge on any atom is -0.327 e. The molecule has 0 amide bonds. The van der Waals surface area contributed by atoms with Crippen LogP contribution in [0.2, 0.25) is 0 Å². The van der Waals surface area contributed by atoms with E-state index in [9.17, 15) is 0 Å². The molecular formula is C16H19N3S. The molecule has 0 fully saturated rings. The Morgan fingerprint density at radius 1 is 1.30 bits per heavy atom. The van der Waals surface area contributed by atoms with Crippen LogP contribution in [-0.2, 0) is 6.42 Å². The van der Waals surface area contributed by atoms with E-state index in [1.807, 2.05) is 0 Å². The number of aryl methyl sites for hydroxylation is 1. The van der Waals surface area contributed by atoms with E-state index in [0.29, 0.717) is 0 Å². The van der Waals surface area contributed by atoms with Gasteiger partial charge in [0.25, 0.3) is 0 Å². The van der Waals surface area contributed by atoms with Gasteiger partial charge in [0.15, 0.2) is 4.96 Å². The molecule has 3 nitrogen and oxygen atoms in total. The van der Waals surface area contributed by atoms with Crippen molar-refractivity contribution >= 4 is 16.3 Å². The van der Waals surface area contributed by atoms with Gasteiger partial charge in [0.05, 0.1) is 11.4 Å². The Labute approximate surface area is 123 Å². The molecule has 1 unspecified atom stereocenters. The van der Waals surface area contributed by atoms with Crippen molar-refractivity contribution in [3.05, 3.63) is 47.1 Å². The standard InChI is InChI=1S/C16H19N3S/c1-3-13(17)10-14-15(12-6-4-11(2)5-7-12)18-16-19(14)8-9-20-16/h4-9,13H,3,10,17H2,1-2H3. The molecule has 3 rings (SSSR count). The minimum absolute atomic E-state index is 0.180. The van der Waals surface area contributed by atoms with Gasteiger partial charge in [-0.3, -0.25) is 4.40 Å². The summed E-state index contributed by atoms with van der Waals surface area (Å²) in [4.78, 5) is 5.83. The van der Waals surface area contributed by atoms with Gasteiger partial charge in [-0.05, 0) is 13.3 Å². The highest BCUT2D eigenvalue weighted by Gasteiger charge is 2.16. The number of rotatable bonds is 4. The van der Waals surface area contributed by atoms with E-state index in [4.69, 9.17) is 10.7 Å². The zero-order chi connectivity index (χ0) is 14.1. The summed E-state index contributed by atoms with van der Waals surface area (Å²) in [5.74, 6) is 0. The summed E-state index contributed by atoms with van der Waals surface area (Å²) in [5, 5.41) is 2.07. The van der Waals surface area contributed by atoms with Gasteiger partial charge in [-0.15, -0.1) is 11.3 Å². The molecule has 3 aromatic rings. The lowest BCUT2D eigenvalue weighted by Gasteiger charge is -2.10. The van der Waals surface area contributed by atoms with Crippen LogP contribution in [0.5, 0.6) is 0 Å². The van der Waals surface area contributed by atoms with Gasteiger partial charge in [-0.25, -0.2) is 4.98 Å². The molecule has 2 aromatic heterocycles. The maximum Gasteiger partial charge on any atom is 0.194 e. The molecule has 4 heteroatoms. The molecule has 1 atom stereocenters. The molecule has 0 spiro atoms. The Morgan fingerprint density at radius 2 is 2.05 bits per heavy atom. The normalized spacial score (nSPS) is 12.9. The Bertz CT molecular complexity index is 709. The Hall–Kier alpha value is -1.65. The van der Waals surface area contributed by atoms with E-state index in [1.54, 1.807) is 11.3 Å². The molecule has 104 valence electrons. The number of aromatic nitrogens is 2. The third kappa shape index (κ3) is 2.37. The molecule has 20 heavy (non-hydrogen) atoms. The lowest BCUT2D eigenvalue weighted by atomic mass is 10.0. The molecule has 0 aliphatic carbocycles. The molecule has 1 aromatic carbocycles. The molecule has 0 bridgehead atoms. The lowest BCUT2D eigenvalue weighted by Crippen LogP contribution is -2.22. The maximum atomic E-state index is 6.16. The van der Waals surface area contributed by atoms with E-state index in [-0.39, 0.29) is 6.04 Å². The number of imidazole rings is 1. The highest BCUT2D eigenvalue weighted by atomic mass is 32.1. The zero-order valence-corrected chi connectivity index (χ0v) is 12.7.